The molecule has 0 fully saturated rings. The summed E-state index contributed by atoms with van der Waals surface area (Å²) in [5, 5.41) is 22.9. The molecule has 264 valence electrons. The summed E-state index contributed by atoms with van der Waals surface area (Å²) in [5.74, 6) is 0.795. The van der Waals surface area contributed by atoms with E-state index in [1.165, 1.54) is 0 Å². The van der Waals surface area contributed by atoms with Crippen LogP contribution in [0, 0.1) is 0 Å². The number of phenols is 1. The van der Waals surface area contributed by atoms with Crippen molar-refractivity contribution in [2.45, 2.75) is 19.4 Å². The molecule has 14 heteroatoms. The average molecular weight is 731 g/mol. The number of anilines is 5. The summed E-state index contributed by atoms with van der Waals surface area (Å²) in [5.41, 5.74) is 3.24. The number of ether oxygens (including phenoxy) is 2. The number of rotatable bonds is 19. The smallest absolute Gasteiger partial charge is 0.251 e. The number of carbonyl (C=O) groups excluding carboxylic acids is 2. The highest BCUT2D eigenvalue weighted by Gasteiger charge is 2.11. The molecule has 0 saturated heterocycles. The van der Waals surface area contributed by atoms with Crippen molar-refractivity contribution in [1.29, 1.82) is 0 Å². The van der Waals surface area contributed by atoms with Crippen LogP contribution in [0.15, 0.2) is 97.1 Å². The molecule has 1 heterocycles. The molecule has 0 spiro atoms. The highest BCUT2D eigenvalue weighted by molar-refractivity contribution is 6.35. The first-order valence-corrected chi connectivity index (χ1v) is 17.0. The zero-order chi connectivity index (χ0) is 35.8. The molecule has 1 aromatic heterocycles. The van der Waals surface area contributed by atoms with Crippen LogP contribution in [-0.4, -0.2) is 64.7 Å². The molecule has 1 amide bonds. The van der Waals surface area contributed by atoms with Crippen molar-refractivity contribution in [1.82, 2.24) is 20.3 Å². The molecule has 5 N–H and O–H groups in total. The second-order valence-corrected chi connectivity index (χ2v) is 12.0. The second kappa shape index (κ2) is 19.2. The fourth-order valence-corrected chi connectivity index (χ4v) is 5.15. The topological polar surface area (TPSA) is 160 Å². The number of phenolic OH excluding ortho intramolecular Hbond substituents is 1. The maximum Gasteiger partial charge on any atom is 0.251 e. The van der Waals surface area contributed by atoms with Gasteiger partial charge in [0.1, 0.15) is 5.75 Å². The van der Waals surface area contributed by atoms with Gasteiger partial charge in [-0.3, -0.25) is 9.59 Å². The molecule has 0 aliphatic heterocycles. The molecular formula is C37H37Cl2N7O5. The lowest BCUT2D eigenvalue weighted by Crippen LogP contribution is -2.22. The van der Waals surface area contributed by atoms with E-state index in [0.29, 0.717) is 84.3 Å². The number of hydrogen-bond acceptors (Lipinski definition) is 11. The quantitative estimate of drug-likeness (QED) is 0.0327. The third-order valence-electron chi connectivity index (χ3n) is 7.31. The van der Waals surface area contributed by atoms with Crippen molar-refractivity contribution in [3.63, 3.8) is 0 Å². The summed E-state index contributed by atoms with van der Waals surface area (Å²) in [6.07, 6.45) is 1.08. The Morgan fingerprint density at radius 3 is 1.98 bits per heavy atom. The fourth-order valence-electron chi connectivity index (χ4n) is 4.68. The summed E-state index contributed by atoms with van der Waals surface area (Å²) in [7, 11) is 0. The van der Waals surface area contributed by atoms with E-state index >= 15 is 0 Å². The van der Waals surface area contributed by atoms with Crippen LogP contribution < -0.4 is 21.3 Å². The molecule has 0 atom stereocenters. The van der Waals surface area contributed by atoms with Crippen molar-refractivity contribution in [2.75, 3.05) is 48.9 Å². The van der Waals surface area contributed by atoms with Gasteiger partial charge in [-0.2, -0.15) is 15.0 Å². The number of halogens is 2. The van der Waals surface area contributed by atoms with Gasteiger partial charge in [0.05, 0.1) is 19.8 Å². The predicted molar refractivity (Wildman–Crippen MR) is 199 cm³/mol. The standard InChI is InChI=1S/C37H37Cl2N7O5/c38-28-11-8-27(32(39)23-28)24-41-34(49)26-9-12-29(13-10-26)42-36-44-35(45-37(46-36)43-30-14-16-31(47)17-15-30)40-18-20-51-22-21-50-19-4-7-33(48)25-5-2-1-3-6-25/h1-3,5-6,8-17,23,47H,4,7,18-22,24H2,(H,41,49)(H3,40,42,43,44,45,46). The number of ketones is 1. The predicted octanol–water partition coefficient (Wildman–Crippen LogP) is 7.41. The molecule has 0 aliphatic rings. The molecule has 0 aliphatic carbocycles. The van der Waals surface area contributed by atoms with Gasteiger partial charge in [0.25, 0.3) is 5.91 Å². The normalized spacial score (nSPS) is 10.8. The van der Waals surface area contributed by atoms with Gasteiger partial charge < -0.3 is 35.8 Å². The zero-order valence-electron chi connectivity index (χ0n) is 27.6. The highest BCUT2D eigenvalue weighted by Crippen LogP contribution is 2.22. The Balaban J connectivity index is 1.10. The Kier molecular flexibility index (Phi) is 13.9. The van der Waals surface area contributed by atoms with Gasteiger partial charge in [0, 0.05) is 58.7 Å². The lowest BCUT2D eigenvalue weighted by Gasteiger charge is -2.12. The number of benzene rings is 4. The van der Waals surface area contributed by atoms with E-state index in [9.17, 15) is 14.7 Å². The Morgan fingerprint density at radius 1 is 0.686 bits per heavy atom. The van der Waals surface area contributed by atoms with Gasteiger partial charge in [-0.05, 0) is 72.6 Å². The summed E-state index contributed by atoms with van der Waals surface area (Å²) in [4.78, 5) is 38.4. The number of nitrogens with one attached hydrogen (secondary N) is 4. The minimum Gasteiger partial charge on any atom is -0.508 e. The third kappa shape index (κ3) is 12.2. The third-order valence-corrected chi connectivity index (χ3v) is 7.89. The van der Waals surface area contributed by atoms with Crippen molar-refractivity contribution < 1.29 is 24.2 Å². The van der Waals surface area contributed by atoms with Crippen molar-refractivity contribution in [3.8, 4) is 5.75 Å². The van der Waals surface area contributed by atoms with Crippen LogP contribution >= 0.6 is 23.2 Å². The van der Waals surface area contributed by atoms with Crippen LogP contribution in [0.1, 0.15) is 39.1 Å². The first kappa shape index (κ1) is 37.0. The maximum atomic E-state index is 12.7. The second-order valence-electron chi connectivity index (χ2n) is 11.1. The fraction of sp³-hybridized carbons (Fsp3) is 0.216. The number of amides is 1. The van der Waals surface area contributed by atoms with Crippen LogP contribution in [0.4, 0.5) is 29.2 Å². The van der Waals surface area contributed by atoms with Gasteiger partial charge in [-0.25, -0.2) is 0 Å². The van der Waals surface area contributed by atoms with Crippen molar-refractivity contribution in [2.24, 2.45) is 0 Å². The number of hydrogen-bond donors (Lipinski definition) is 5. The van der Waals surface area contributed by atoms with Crippen molar-refractivity contribution >= 4 is 64.1 Å². The van der Waals surface area contributed by atoms with Gasteiger partial charge in [0.2, 0.25) is 17.8 Å². The minimum absolute atomic E-state index is 0.107. The molecule has 0 bridgehead atoms. The molecular weight excluding hydrogens is 693 g/mol. The van der Waals surface area contributed by atoms with Gasteiger partial charge in [0.15, 0.2) is 5.78 Å². The van der Waals surface area contributed by atoms with E-state index < -0.39 is 0 Å². The SMILES string of the molecule is O=C(CCCOCCOCCNc1nc(Nc2ccc(O)cc2)nc(Nc2ccc(C(=O)NCc3ccc(Cl)cc3Cl)cc2)n1)c1ccccc1. The number of nitrogens with zero attached hydrogens (tertiary/aromatic N) is 3. The monoisotopic (exact) mass is 729 g/mol. The summed E-state index contributed by atoms with van der Waals surface area (Å²) in [6, 6.07) is 27.7. The summed E-state index contributed by atoms with van der Waals surface area (Å²) < 4.78 is 11.3. The number of aromatic nitrogens is 3. The van der Waals surface area contributed by atoms with Crippen LogP contribution in [0.3, 0.4) is 0 Å². The minimum atomic E-state index is -0.260. The van der Waals surface area contributed by atoms with Crippen LogP contribution in [0.2, 0.25) is 10.0 Å². The molecule has 4 aromatic carbocycles. The first-order chi connectivity index (χ1) is 24.8. The molecule has 12 nitrogen and oxygen atoms in total. The lowest BCUT2D eigenvalue weighted by atomic mass is 10.1. The first-order valence-electron chi connectivity index (χ1n) is 16.2. The largest absolute Gasteiger partial charge is 0.508 e. The van der Waals surface area contributed by atoms with E-state index in [1.807, 2.05) is 30.3 Å². The molecule has 51 heavy (non-hydrogen) atoms. The van der Waals surface area contributed by atoms with Crippen LogP contribution in [0.25, 0.3) is 0 Å². The van der Waals surface area contributed by atoms with E-state index in [1.54, 1.807) is 66.7 Å². The average Bonchev–Trinajstić information content (AvgIpc) is 3.13. The number of Topliss-reactive ketones (excluding diaryl/α,β-unsaturated/α-hetero) is 1. The lowest BCUT2D eigenvalue weighted by molar-refractivity contribution is 0.0497. The van der Waals surface area contributed by atoms with Gasteiger partial charge >= 0.3 is 0 Å². The Morgan fingerprint density at radius 2 is 1.31 bits per heavy atom. The zero-order valence-corrected chi connectivity index (χ0v) is 29.1. The highest BCUT2D eigenvalue weighted by atomic mass is 35.5. The number of aromatic hydroxyl groups is 1. The molecule has 5 rings (SSSR count). The Labute approximate surface area is 305 Å². The molecule has 0 radical (unpaired) electrons. The van der Waals surface area contributed by atoms with Gasteiger partial charge in [-0.15, -0.1) is 0 Å². The van der Waals surface area contributed by atoms with E-state index in [2.05, 4.69) is 36.2 Å². The van der Waals surface area contributed by atoms with E-state index in [-0.39, 0.29) is 35.9 Å². The molecule has 0 saturated carbocycles. The Hall–Kier alpha value is -5.27. The van der Waals surface area contributed by atoms with Gasteiger partial charge in [-0.1, -0.05) is 59.6 Å². The molecule has 0 unspecified atom stereocenters. The summed E-state index contributed by atoms with van der Waals surface area (Å²) >= 11 is 12.2. The maximum absolute atomic E-state index is 12.7. The molecule has 5 aromatic rings. The Bertz CT molecular complexity index is 1880. The summed E-state index contributed by atoms with van der Waals surface area (Å²) in [6.45, 7) is 2.33. The van der Waals surface area contributed by atoms with Crippen LogP contribution in [-0.2, 0) is 16.0 Å². The van der Waals surface area contributed by atoms with Crippen molar-refractivity contribution in [3.05, 3.63) is 124 Å². The van der Waals surface area contributed by atoms with Crippen LogP contribution in [0.5, 0.6) is 5.75 Å². The van der Waals surface area contributed by atoms with E-state index in [0.717, 1.165) is 5.56 Å². The number of carbonyl (C=O) groups is 2. The van der Waals surface area contributed by atoms with E-state index in [4.69, 9.17) is 32.7 Å².